The first-order valence-electron chi connectivity index (χ1n) is 7.45. The number of nitrogens with zero attached hydrogens (tertiary/aromatic N) is 2. The molecule has 1 aliphatic rings. The zero-order valence-electron chi connectivity index (χ0n) is 12.3. The van der Waals surface area contributed by atoms with Gasteiger partial charge in [0.2, 0.25) is 0 Å². The molecule has 0 aromatic carbocycles. The maximum Gasteiger partial charge on any atom is 0.103 e. The van der Waals surface area contributed by atoms with E-state index in [2.05, 4.69) is 23.2 Å². The van der Waals surface area contributed by atoms with Crippen molar-refractivity contribution in [2.75, 3.05) is 20.1 Å². The molecule has 1 aliphatic heterocycles. The van der Waals surface area contributed by atoms with E-state index in [4.69, 9.17) is 5.26 Å². The summed E-state index contributed by atoms with van der Waals surface area (Å²) >= 11 is 0. The molecule has 0 saturated carbocycles. The second kappa shape index (κ2) is 7.76. The normalized spacial score (nSPS) is 25.1. The van der Waals surface area contributed by atoms with E-state index >= 15 is 0 Å². The number of nitriles is 1. The molecule has 1 heterocycles. The molecule has 1 fully saturated rings. The number of hydrogen-bond donors (Lipinski definition) is 1. The predicted octanol–water partition coefficient (Wildman–Crippen LogP) is 2.92. The smallest absolute Gasteiger partial charge is 0.103 e. The molecule has 104 valence electrons. The van der Waals surface area contributed by atoms with Crippen LogP contribution < -0.4 is 5.32 Å². The van der Waals surface area contributed by atoms with Gasteiger partial charge in [-0.2, -0.15) is 5.26 Å². The lowest BCUT2D eigenvalue weighted by Gasteiger charge is -2.27. The van der Waals surface area contributed by atoms with Crippen molar-refractivity contribution in [3.8, 4) is 6.07 Å². The van der Waals surface area contributed by atoms with E-state index in [0.29, 0.717) is 0 Å². The third-order valence-electron chi connectivity index (χ3n) is 4.36. The van der Waals surface area contributed by atoms with Gasteiger partial charge in [0.25, 0.3) is 0 Å². The summed E-state index contributed by atoms with van der Waals surface area (Å²) in [7, 11) is 1.88. The second-order valence-corrected chi connectivity index (χ2v) is 5.89. The summed E-state index contributed by atoms with van der Waals surface area (Å²) in [5, 5.41) is 12.2. The summed E-state index contributed by atoms with van der Waals surface area (Å²) in [6, 6.07) is 3.11. The average molecular weight is 251 g/mol. The van der Waals surface area contributed by atoms with Gasteiger partial charge in [-0.15, -0.1) is 0 Å². The van der Waals surface area contributed by atoms with Gasteiger partial charge in [-0.05, 0) is 66.1 Å². The highest BCUT2D eigenvalue weighted by molar-refractivity contribution is 5.02. The monoisotopic (exact) mass is 251 g/mol. The first-order chi connectivity index (χ1) is 8.61. The van der Waals surface area contributed by atoms with Crippen LogP contribution in [0.1, 0.15) is 58.8 Å². The van der Waals surface area contributed by atoms with Crippen LogP contribution in [-0.2, 0) is 0 Å². The Kier molecular flexibility index (Phi) is 6.67. The highest BCUT2D eigenvalue weighted by atomic mass is 15.1. The maximum atomic E-state index is 9.09. The molecule has 1 rings (SSSR count). The first-order valence-corrected chi connectivity index (χ1v) is 7.45. The maximum absolute atomic E-state index is 9.09. The molecular weight excluding hydrogens is 222 g/mol. The lowest BCUT2D eigenvalue weighted by Crippen LogP contribution is -2.38. The molecule has 1 saturated heterocycles. The van der Waals surface area contributed by atoms with Crippen molar-refractivity contribution in [3.05, 3.63) is 0 Å². The summed E-state index contributed by atoms with van der Waals surface area (Å²) in [6.45, 7) is 6.81. The largest absolute Gasteiger partial charge is 0.303 e. The first kappa shape index (κ1) is 15.5. The Hall–Kier alpha value is -0.590. The van der Waals surface area contributed by atoms with Gasteiger partial charge in [-0.25, -0.2) is 0 Å². The SMILES string of the molecule is CNC(C)(C#N)CCCCN1CCCCCC1C. The van der Waals surface area contributed by atoms with Crippen molar-refractivity contribution in [3.63, 3.8) is 0 Å². The molecule has 0 aromatic heterocycles. The standard InChI is InChI=1S/C15H29N3/c1-14-9-5-4-7-11-18(14)12-8-6-10-15(2,13-16)17-3/h14,17H,4-12H2,1-3H3. The molecule has 0 spiro atoms. The van der Waals surface area contributed by atoms with Gasteiger partial charge in [0.05, 0.1) is 6.07 Å². The summed E-state index contributed by atoms with van der Waals surface area (Å²) in [5.41, 5.74) is -0.343. The number of likely N-dealkylation sites (tertiary alicyclic amines) is 1. The molecule has 0 bridgehead atoms. The van der Waals surface area contributed by atoms with Gasteiger partial charge in [-0.3, -0.25) is 0 Å². The fourth-order valence-electron chi connectivity index (χ4n) is 2.70. The lowest BCUT2D eigenvalue weighted by molar-refractivity contribution is 0.207. The number of unbranched alkanes of at least 4 members (excludes halogenated alkanes) is 1. The van der Waals surface area contributed by atoms with Crippen LogP contribution in [0.25, 0.3) is 0 Å². The van der Waals surface area contributed by atoms with Crippen LogP contribution >= 0.6 is 0 Å². The van der Waals surface area contributed by atoms with Crippen LogP contribution in [0.4, 0.5) is 0 Å². The van der Waals surface area contributed by atoms with E-state index in [1.165, 1.54) is 45.2 Å². The van der Waals surface area contributed by atoms with Gasteiger partial charge in [0.15, 0.2) is 0 Å². The summed E-state index contributed by atoms with van der Waals surface area (Å²) < 4.78 is 0. The van der Waals surface area contributed by atoms with Gasteiger partial charge >= 0.3 is 0 Å². The predicted molar refractivity (Wildman–Crippen MR) is 76.4 cm³/mol. The minimum Gasteiger partial charge on any atom is -0.303 e. The van der Waals surface area contributed by atoms with E-state index in [1.807, 2.05) is 14.0 Å². The van der Waals surface area contributed by atoms with Crippen LogP contribution in [0.2, 0.25) is 0 Å². The highest BCUT2D eigenvalue weighted by Crippen LogP contribution is 2.18. The van der Waals surface area contributed by atoms with Crippen molar-refractivity contribution in [1.29, 1.82) is 5.26 Å². The molecule has 1 N–H and O–H groups in total. The molecule has 2 atom stereocenters. The Bertz CT molecular complexity index is 271. The van der Waals surface area contributed by atoms with Crippen LogP contribution in [0.15, 0.2) is 0 Å². The Morgan fingerprint density at radius 2 is 2.11 bits per heavy atom. The van der Waals surface area contributed by atoms with Gasteiger partial charge in [0.1, 0.15) is 5.54 Å². The van der Waals surface area contributed by atoms with E-state index in [-0.39, 0.29) is 5.54 Å². The third kappa shape index (κ3) is 4.96. The third-order valence-corrected chi connectivity index (χ3v) is 4.36. The molecule has 0 radical (unpaired) electrons. The van der Waals surface area contributed by atoms with E-state index in [1.54, 1.807) is 0 Å². The lowest BCUT2D eigenvalue weighted by atomic mass is 9.97. The minimum atomic E-state index is -0.343. The molecule has 0 aromatic rings. The van der Waals surface area contributed by atoms with E-state index in [9.17, 15) is 0 Å². The number of hydrogen-bond acceptors (Lipinski definition) is 3. The summed E-state index contributed by atoms with van der Waals surface area (Å²) in [4.78, 5) is 2.64. The molecular formula is C15H29N3. The van der Waals surface area contributed by atoms with Crippen molar-refractivity contribution >= 4 is 0 Å². The number of nitrogens with one attached hydrogen (secondary N) is 1. The van der Waals surface area contributed by atoms with Crippen molar-refractivity contribution in [2.45, 2.75) is 70.4 Å². The van der Waals surface area contributed by atoms with Crippen molar-refractivity contribution in [1.82, 2.24) is 10.2 Å². The average Bonchev–Trinajstić information content (AvgIpc) is 2.59. The summed E-state index contributed by atoms with van der Waals surface area (Å²) in [5.74, 6) is 0. The summed E-state index contributed by atoms with van der Waals surface area (Å²) in [6.07, 6.45) is 8.79. The van der Waals surface area contributed by atoms with Crippen molar-refractivity contribution in [2.24, 2.45) is 0 Å². The quantitative estimate of drug-likeness (QED) is 0.738. The Morgan fingerprint density at radius 3 is 2.78 bits per heavy atom. The topological polar surface area (TPSA) is 39.1 Å². The molecule has 18 heavy (non-hydrogen) atoms. The van der Waals surface area contributed by atoms with Gasteiger partial charge < -0.3 is 10.2 Å². The Balaban J connectivity index is 2.22. The van der Waals surface area contributed by atoms with Crippen LogP contribution in [0, 0.1) is 11.3 Å². The Labute approximate surface area is 113 Å². The van der Waals surface area contributed by atoms with E-state index in [0.717, 1.165) is 18.9 Å². The van der Waals surface area contributed by atoms with Gasteiger partial charge in [-0.1, -0.05) is 12.8 Å². The Morgan fingerprint density at radius 1 is 1.33 bits per heavy atom. The van der Waals surface area contributed by atoms with E-state index < -0.39 is 0 Å². The van der Waals surface area contributed by atoms with Gasteiger partial charge in [0, 0.05) is 6.04 Å². The zero-order chi connectivity index (χ0) is 13.4. The highest BCUT2D eigenvalue weighted by Gasteiger charge is 2.21. The molecule has 3 heteroatoms. The van der Waals surface area contributed by atoms with Crippen LogP contribution in [0.3, 0.4) is 0 Å². The van der Waals surface area contributed by atoms with Crippen LogP contribution in [-0.4, -0.2) is 36.6 Å². The second-order valence-electron chi connectivity index (χ2n) is 5.89. The molecule has 2 unspecified atom stereocenters. The number of rotatable bonds is 6. The minimum absolute atomic E-state index is 0.343. The molecule has 0 amide bonds. The fourth-order valence-corrected chi connectivity index (χ4v) is 2.70. The fraction of sp³-hybridized carbons (Fsp3) is 0.933. The van der Waals surface area contributed by atoms with Crippen LogP contribution in [0.5, 0.6) is 0 Å². The molecule has 3 nitrogen and oxygen atoms in total. The zero-order valence-corrected chi connectivity index (χ0v) is 12.3. The van der Waals surface area contributed by atoms with Crippen molar-refractivity contribution < 1.29 is 0 Å². The molecule has 0 aliphatic carbocycles.